The minimum Gasteiger partial charge on any atom is -0.0988 e. The van der Waals surface area contributed by atoms with E-state index in [0.29, 0.717) is 0 Å². The number of allylic oxidation sites excluding steroid dienone is 2. The molecule has 0 unspecified atom stereocenters. The highest BCUT2D eigenvalue weighted by Crippen LogP contribution is 2.19. The van der Waals surface area contributed by atoms with Crippen molar-refractivity contribution in [3.05, 3.63) is 24.8 Å². The summed E-state index contributed by atoms with van der Waals surface area (Å²) < 4.78 is 0. The molecule has 0 bridgehead atoms. The Morgan fingerprint density at radius 1 is 1.06 bits per heavy atom. The van der Waals surface area contributed by atoms with E-state index < -0.39 is 0 Å². The van der Waals surface area contributed by atoms with E-state index in [4.69, 9.17) is 0 Å². The maximum atomic E-state index is 3.95. The Kier molecular flexibility index (Phi) is 9.37. The Labute approximate surface area is 103 Å². The van der Waals surface area contributed by atoms with E-state index in [2.05, 4.69) is 33.9 Å². The van der Waals surface area contributed by atoms with Crippen molar-refractivity contribution in [2.45, 2.75) is 65.7 Å². The Bertz CT molecular complexity index is 190. The van der Waals surface area contributed by atoms with Gasteiger partial charge in [-0.1, -0.05) is 77.7 Å². The molecule has 0 saturated heterocycles. The zero-order valence-corrected chi connectivity index (χ0v) is 11.6. The van der Waals surface area contributed by atoms with Gasteiger partial charge in [0.2, 0.25) is 0 Å². The Morgan fingerprint density at radius 3 is 2.19 bits per heavy atom. The molecular formula is C16H30. The topological polar surface area (TPSA) is 0 Å². The van der Waals surface area contributed by atoms with Gasteiger partial charge < -0.3 is 0 Å². The largest absolute Gasteiger partial charge is 0.0988 e. The van der Waals surface area contributed by atoms with Gasteiger partial charge in [0.25, 0.3) is 0 Å². The second-order valence-corrected chi connectivity index (χ2v) is 5.30. The number of hydrogen-bond donors (Lipinski definition) is 0. The van der Waals surface area contributed by atoms with Gasteiger partial charge >= 0.3 is 0 Å². The van der Waals surface area contributed by atoms with E-state index in [1.807, 2.05) is 6.08 Å². The van der Waals surface area contributed by atoms with Gasteiger partial charge in [0.1, 0.15) is 0 Å². The first kappa shape index (κ1) is 15.5. The van der Waals surface area contributed by atoms with Crippen LogP contribution in [0.4, 0.5) is 0 Å². The fourth-order valence-corrected chi connectivity index (χ4v) is 1.94. The average Bonchev–Trinajstić information content (AvgIpc) is 2.28. The molecule has 0 aliphatic rings. The Morgan fingerprint density at radius 2 is 1.62 bits per heavy atom. The van der Waals surface area contributed by atoms with Gasteiger partial charge in [-0.2, -0.15) is 0 Å². The van der Waals surface area contributed by atoms with Gasteiger partial charge in [-0.15, -0.1) is 0 Å². The first-order chi connectivity index (χ1) is 7.60. The van der Waals surface area contributed by atoms with Crippen LogP contribution in [0.3, 0.4) is 0 Å². The zero-order valence-electron chi connectivity index (χ0n) is 11.6. The molecule has 0 radical (unpaired) electrons. The average molecular weight is 222 g/mol. The summed E-state index contributed by atoms with van der Waals surface area (Å²) in [5.41, 5.74) is 1.19. The summed E-state index contributed by atoms with van der Waals surface area (Å²) in [6.45, 7) is 14.7. The summed E-state index contributed by atoms with van der Waals surface area (Å²) in [5.74, 6) is 1.79. The van der Waals surface area contributed by atoms with Crippen molar-refractivity contribution in [1.82, 2.24) is 0 Å². The van der Waals surface area contributed by atoms with E-state index in [1.165, 1.54) is 44.1 Å². The lowest BCUT2D eigenvalue weighted by Crippen LogP contribution is -1.98. The lowest BCUT2D eigenvalue weighted by molar-refractivity contribution is 0.412. The molecule has 2 atom stereocenters. The van der Waals surface area contributed by atoms with Gasteiger partial charge in [-0.25, -0.2) is 0 Å². The molecule has 0 saturated carbocycles. The predicted octanol–water partition coefficient (Wildman–Crippen LogP) is 5.75. The molecule has 0 aliphatic heterocycles. The summed E-state index contributed by atoms with van der Waals surface area (Å²) in [4.78, 5) is 0. The third-order valence-electron chi connectivity index (χ3n) is 3.57. The molecule has 0 fully saturated rings. The molecule has 0 nitrogen and oxygen atoms in total. The molecule has 0 rings (SSSR count). The van der Waals surface area contributed by atoms with E-state index in [1.54, 1.807) is 0 Å². The van der Waals surface area contributed by atoms with Crippen molar-refractivity contribution in [2.24, 2.45) is 11.8 Å². The minimum atomic E-state index is 0.877. The lowest BCUT2D eigenvalue weighted by atomic mass is 9.93. The molecule has 16 heavy (non-hydrogen) atoms. The maximum absolute atomic E-state index is 3.95. The molecule has 0 aliphatic carbocycles. The highest BCUT2D eigenvalue weighted by atomic mass is 14.1. The van der Waals surface area contributed by atoms with Crippen LogP contribution in [0.5, 0.6) is 0 Å². The van der Waals surface area contributed by atoms with Crippen LogP contribution >= 0.6 is 0 Å². The van der Waals surface area contributed by atoms with Gasteiger partial charge in [-0.05, 0) is 24.7 Å². The molecule has 0 heterocycles. The van der Waals surface area contributed by atoms with Crippen LogP contribution in [0.15, 0.2) is 24.8 Å². The van der Waals surface area contributed by atoms with Crippen LogP contribution in [-0.4, -0.2) is 0 Å². The predicted molar refractivity (Wildman–Crippen MR) is 75.7 cm³/mol. The molecular weight excluding hydrogens is 192 g/mol. The number of rotatable bonds is 10. The lowest BCUT2D eigenvalue weighted by Gasteiger charge is -2.13. The second-order valence-electron chi connectivity index (χ2n) is 5.30. The van der Waals surface area contributed by atoms with E-state index in [9.17, 15) is 0 Å². The monoisotopic (exact) mass is 222 g/mol. The van der Waals surface area contributed by atoms with Crippen molar-refractivity contribution in [1.29, 1.82) is 0 Å². The van der Waals surface area contributed by atoms with E-state index in [0.717, 1.165) is 18.3 Å². The van der Waals surface area contributed by atoms with Crippen molar-refractivity contribution in [2.75, 3.05) is 0 Å². The van der Waals surface area contributed by atoms with Crippen LogP contribution in [0, 0.1) is 11.8 Å². The molecule has 94 valence electrons. The summed E-state index contributed by atoms with van der Waals surface area (Å²) in [7, 11) is 0. The first-order valence-electron chi connectivity index (χ1n) is 6.90. The van der Waals surface area contributed by atoms with Gasteiger partial charge in [0.15, 0.2) is 0 Å². The van der Waals surface area contributed by atoms with Crippen LogP contribution in [0.25, 0.3) is 0 Å². The van der Waals surface area contributed by atoms with E-state index in [-0.39, 0.29) is 0 Å². The second kappa shape index (κ2) is 9.69. The zero-order chi connectivity index (χ0) is 12.4. The summed E-state index contributed by atoms with van der Waals surface area (Å²) in [6, 6.07) is 0. The van der Waals surface area contributed by atoms with Gasteiger partial charge in [0, 0.05) is 0 Å². The number of hydrogen-bond acceptors (Lipinski definition) is 0. The summed E-state index contributed by atoms with van der Waals surface area (Å²) in [6.07, 6.45) is 11.1. The summed E-state index contributed by atoms with van der Waals surface area (Å²) in [5, 5.41) is 0. The van der Waals surface area contributed by atoms with Crippen LogP contribution in [0.1, 0.15) is 65.7 Å². The summed E-state index contributed by atoms with van der Waals surface area (Å²) >= 11 is 0. The quantitative estimate of drug-likeness (QED) is 0.413. The van der Waals surface area contributed by atoms with Gasteiger partial charge in [-0.3, -0.25) is 0 Å². The molecule has 0 aromatic carbocycles. The van der Waals surface area contributed by atoms with Crippen molar-refractivity contribution < 1.29 is 0 Å². The Balaban J connectivity index is 3.40. The Hall–Kier alpha value is -0.520. The van der Waals surface area contributed by atoms with Crippen molar-refractivity contribution in [3.8, 4) is 0 Å². The van der Waals surface area contributed by atoms with Crippen molar-refractivity contribution in [3.63, 3.8) is 0 Å². The molecule has 0 aromatic rings. The first-order valence-corrected chi connectivity index (χ1v) is 6.90. The van der Waals surface area contributed by atoms with Crippen molar-refractivity contribution >= 4 is 0 Å². The standard InChI is InChI=1S/C16H30/c1-6-14(3)10-8-12-16(5)13-9-11-15(4)7-2/h6,15-16H,1,3,7-13H2,2,4-5H3/t15-,16+/m0/s1. The smallest absolute Gasteiger partial charge is 0.0285 e. The van der Waals surface area contributed by atoms with Crippen LogP contribution in [0.2, 0.25) is 0 Å². The molecule has 0 aromatic heterocycles. The minimum absolute atomic E-state index is 0.877. The molecule has 0 heteroatoms. The SMILES string of the molecule is C=CC(=C)CCC[C@@H](C)CCC[C@@H](C)CC. The highest BCUT2D eigenvalue weighted by Gasteiger charge is 2.04. The normalized spacial score (nSPS) is 14.4. The molecule has 0 amide bonds. The van der Waals surface area contributed by atoms with Gasteiger partial charge in [0.05, 0.1) is 0 Å². The van der Waals surface area contributed by atoms with Crippen LogP contribution in [-0.2, 0) is 0 Å². The van der Waals surface area contributed by atoms with E-state index >= 15 is 0 Å². The fraction of sp³-hybridized carbons (Fsp3) is 0.750. The van der Waals surface area contributed by atoms with Crippen LogP contribution < -0.4 is 0 Å². The highest BCUT2D eigenvalue weighted by molar-refractivity contribution is 5.10. The third kappa shape index (κ3) is 8.76. The molecule has 0 N–H and O–H groups in total. The maximum Gasteiger partial charge on any atom is -0.0285 e. The fourth-order valence-electron chi connectivity index (χ4n) is 1.94. The third-order valence-corrected chi connectivity index (χ3v) is 3.57. The molecule has 0 spiro atoms.